The number of hydrogen-bond acceptors (Lipinski definition) is 4. The molecule has 1 aliphatic rings. The molecule has 96 valence electrons. The smallest absolute Gasteiger partial charge is 0.274 e. The van der Waals surface area contributed by atoms with Gasteiger partial charge in [-0.05, 0) is 12.8 Å². The third kappa shape index (κ3) is 3.29. The van der Waals surface area contributed by atoms with Crippen LogP contribution in [0.15, 0.2) is 29.3 Å². The number of aliphatic imine (C=N–C) groups is 1. The van der Waals surface area contributed by atoms with Gasteiger partial charge in [0.15, 0.2) is 0 Å². The summed E-state index contributed by atoms with van der Waals surface area (Å²) in [6, 6.07) is 6.82. The normalized spacial score (nSPS) is 15.7. The number of hydrogen-bond donors (Lipinski definition) is 1. The number of benzene rings is 1. The highest BCUT2D eigenvalue weighted by molar-refractivity contribution is 5.82. The second-order valence-corrected chi connectivity index (χ2v) is 4.38. The van der Waals surface area contributed by atoms with Crippen LogP contribution in [-0.2, 0) is 6.54 Å². The second-order valence-electron chi connectivity index (χ2n) is 4.38. The molecule has 1 aromatic rings. The molecule has 0 aliphatic carbocycles. The minimum Gasteiger partial charge on any atom is -0.369 e. The average molecular weight is 247 g/mol. The lowest BCUT2D eigenvalue weighted by Gasteiger charge is -2.08. The number of rotatable bonds is 3. The maximum Gasteiger partial charge on any atom is 0.274 e. The van der Waals surface area contributed by atoms with Gasteiger partial charge in [-0.3, -0.25) is 15.1 Å². The standard InChI is InChI=1S/C13H17N3O2/c17-16(18)12-7-4-3-6-11(12)10-15-13-8-2-1-5-9-14-13/h3-4,6-7H,1-2,5,8-10H2,(H,14,15). The summed E-state index contributed by atoms with van der Waals surface area (Å²) in [6.45, 7) is 1.33. The van der Waals surface area contributed by atoms with Crippen LogP contribution >= 0.6 is 0 Å². The van der Waals surface area contributed by atoms with Gasteiger partial charge in [-0.2, -0.15) is 0 Å². The first kappa shape index (κ1) is 12.5. The van der Waals surface area contributed by atoms with E-state index in [0.29, 0.717) is 12.1 Å². The molecule has 1 aromatic carbocycles. The van der Waals surface area contributed by atoms with Gasteiger partial charge >= 0.3 is 0 Å². The Kier molecular flexibility index (Phi) is 4.28. The summed E-state index contributed by atoms with van der Waals surface area (Å²) in [5.74, 6) is 0.977. The molecule has 0 aromatic heterocycles. The summed E-state index contributed by atoms with van der Waals surface area (Å²) in [5.41, 5.74) is 0.869. The fourth-order valence-electron chi connectivity index (χ4n) is 2.05. The van der Waals surface area contributed by atoms with Crippen molar-refractivity contribution in [2.75, 3.05) is 6.54 Å². The van der Waals surface area contributed by atoms with E-state index in [1.807, 2.05) is 6.07 Å². The van der Waals surface area contributed by atoms with Crippen LogP contribution in [0.2, 0.25) is 0 Å². The zero-order valence-electron chi connectivity index (χ0n) is 10.3. The molecule has 0 radical (unpaired) electrons. The topological polar surface area (TPSA) is 67.5 Å². The van der Waals surface area contributed by atoms with Gasteiger partial charge in [-0.25, -0.2) is 0 Å². The van der Waals surface area contributed by atoms with E-state index in [1.54, 1.807) is 12.1 Å². The van der Waals surface area contributed by atoms with Gasteiger partial charge in [-0.15, -0.1) is 0 Å². The SMILES string of the molecule is O=[N+]([O-])c1ccccc1CNC1=NCCCCC1. The predicted molar refractivity (Wildman–Crippen MR) is 70.7 cm³/mol. The van der Waals surface area contributed by atoms with Crippen molar-refractivity contribution in [2.45, 2.75) is 32.2 Å². The molecule has 1 heterocycles. The highest BCUT2D eigenvalue weighted by Crippen LogP contribution is 2.17. The first-order valence-electron chi connectivity index (χ1n) is 6.27. The first-order valence-corrected chi connectivity index (χ1v) is 6.27. The van der Waals surface area contributed by atoms with Gasteiger partial charge in [0.2, 0.25) is 0 Å². The molecule has 0 unspecified atom stereocenters. The summed E-state index contributed by atoms with van der Waals surface area (Å²) < 4.78 is 0. The number of nitrogens with one attached hydrogen (secondary N) is 1. The van der Waals surface area contributed by atoms with Crippen molar-refractivity contribution < 1.29 is 4.92 Å². The summed E-state index contributed by atoms with van der Waals surface area (Å²) in [6.07, 6.45) is 4.43. The van der Waals surface area contributed by atoms with Crippen LogP contribution in [0.3, 0.4) is 0 Å². The molecule has 0 fully saturated rings. The monoisotopic (exact) mass is 247 g/mol. The molecule has 1 aliphatic heterocycles. The lowest BCUT2D eigenvalue weighted by molar-refractivity contribution is -0.385. The highest BCUT2D eigenvalue weighted by Gasteiger charge is 2.12. The van der Waals surface area contributed by atoms with E-state index in [2.05, 4.69) is 10.3 Å². The molecule has 0 atom stereocenters. The van der Waals surface area contributed by atoms with E-state index in [9.17, 15) is 10.1 Å². The molecular weight excluding hydrogens is 230 g/mol. The third-order valence-electron chi connectivity index (χ3n) is 3.05. The molecule has 2 rings (SSSR count). The van der Waals surface area contributed by atoms with E-state index in [4.69, 9.17) is 0 Å². The zero-order chi connectivity index (χ0) is 12.8. The van der Waals surface area contributed by atoms with Crippen molar-refractivity contribution in [3.63, 3.8) is 0 Å². The van der Waals surface area contributed by atoms with Gasteiger partial charge in [-0.1, -0.05) is 24.6 Å². The molecule has 0 amide bonds. The summed E-state index contributed by atoms with van der Waals surface area (Å²) in [7, 11) is 0. The summed E-state index contributed by atoms with van der Waals surface area (Å²) in [4.78, 5) is 15.0. The van der Waals surface area contributed by atoms with Crippen molar-refractivity contribution in [1.82, 2.24) is 5.32 Å². The molecule has 0 saturated heterocycles. The Bertz CT molecular complexity index is 457. The lowest BCUT2D eigenvalue weighted by Crippen LogP contribution is -2.23. The van der Waals surface area contributed by atoms with Crippen LogP contribution in [-0.4, -0.2) is 17.3 Å². The first-order chi connectivity index (χ1) is 8.77. The van der Waals surface area contributed by atoms with Gasteiger partial charge < -0.3 is 5.32 Å². The molecule has 18 heavy (non-hydrogen) atoms. The number of nitro groups is 1. The summed E-state index contributed by atoms with van der Waals surface area (Å²) >= 11 is 0. The van der Waals surface area contributed by atoms with Gasteiger partial charge in [0.25, 0.3) is 5.69 Å². The minimum atomic E-state index is -0.341. The molecule has 5 nitrogen and oxygen atoms in total. The van der Waals surface area contributed by atoms with Crippen molar-refractivity contribution in [3.05, 3.63) is 39.9 Å². The maximum absolute atomic E-state index is 10.9. The lowest BCUT2D eigenvalue weighted by atomic mass is 10.1. The number of nitro benzene ring substituents is 1. The largest absolute Gasteiger partial charge is 0.369 e. The van der Waals surface area contributed by atoms with Crippen LogP contribution in [0.5, 0.6) is 0 Å². The third-order valence-corrected chi connectivity index (χ3v) is 3.05. The minimum absolute atomic E-state index is 0.166. The number of nitrogens with zero attached hydrogens (tertiary/aromatic N) is 2. The van der Waals surface area contributed by atoms with E-state index in [1.165, 1.54) is 12.5 Å². The Morgan fingerprint density at radius 3 is 2.94 bits per heavy atom. The average Bonchev–Trinajstić information content (AvgIpc) is 2.65. The van der Waals surface area contributed by atoms with Crippen molar-refractivity contribution >= 4 is 11.5 Å². The van der Waals surface area contributed by atoms with E-state index < -0.39 is 0 Å². The maximum atomic E-state index is 10.9. The summed E-state index contributed by atoms with van der Waals surface area (Å²) in [5, 5.41) is 14.1. The zero-order valence-corrected chi connectivity index (χ0v) is 10.3. The van der Waals surface area contributed by atoms with E-state index in [-0.39, 0.29) is 10.6 Å². The second kappa shape index (κ2) is 6.14. The molecule has 1 N–H and O–H groups in total. The number of para-hydroxylation sites is 1. The molecular formula is C13H17N3O2. The van der Waals surface area contributed by atoms with Crippen molar-refractivity contribution in [3.8, 4) is 0 Å². The van der Waals surface area contributed by atoms with E-state index >= 15 is 0 Å². The Labute approximate surface area is 106 Å². The van der Waals surface area contributed by atoms with Crippen LogP contribution < -0.4 is 5.32 Å². The molecule has 5 heteroatoms. The molecule has 0 bridgehead atoms. The van der Waals surface area contributed by atoms with Crippen LogP contribution in [0.25, 0.3) is 0 Å². The van der Waals surface area contributed by atoms with Gasteiger partial charge in [0, 0.05) is 31.1 Å². The fourth-order valence-corrected chi connectivity index (χ4v) is 2.05. The Morgan fingerprint density at radius 1 is 1.28 bits per heavy atom. The Hall–Kier alpha value is -1.91. The Balaban J connectivity index is 2.01. The van der Waals surface area contributed by atoms with Crippen molar-refractivity contribution in [1.29, 1.82) is 0 Å². The van der Waals surface area contributed by atoms with Crippen LogP contribution in [0.1, 0.15) is 31.2 Å². The predicted octanol–water partition coefficient (Wildman–Crippen LogP) is 2.66. The Morgan fingerprint density at radius 2 is 2.11 bits per heavy atom. The van der Waals surface area contributed by atoms with Crippen molar-refractivity contribution in [2.24, 2.45) is 4.99 Å². The highest BCUT2D eigenvalue weighted by atomic mass is 16.6. The van der Waals surface area contributed by atoms with Crippen LogP contribution in [0.4, 0.5) is 5.69 Å². The number of amidine groups is 1. The van der Waals surface area contributed by atoms with Crippen LogP contribution in [0, 0.1) is 10.1 Å². The molecule has 0 saturated carbocycles. The van der Waals surface area contributed by atoms with Gasteiger partial charge in [0.1, 0.15) is 0 Å². The fraction of sp³-hybridized carbons (Fsp3) is 0.462. The van der Waals surface area contributed by atoms with Gasteiger partial charge in [0.05, 0.1) is 10.8 Å². The quantitative estimate of drug-likeness (QED) is 0.659. The molecule has 0 spiro atoms. The van der Waals surface area contributed by atoms with E-state index in [0.717, 1.165) is 31.6 Å².